The van der Waals surface area contributed by atoms with E-state index < -0.39 is 0 Å². The quantitative estimate of drug-likeness (QED) is 0.747. The van der Waals surface area contributed by atoms with Crippen LogP contribution < -0.4 is 5.32 Å². The van der Waals surface area contributed by atoms with Crippen LogP contribution in [-0.4, -0.2) is 55.0 Å². The highest BCUT2D eigenvalue weighted by Crippen LogP contribution is 2.21. The Morgan fingerprint density at radius 2 is 1.70 bits per heavy atom. The number of piperidine rings is 2. The second-order valence-corrected chi connectivity index (χ2v) is 8.89. The summed E-state index contributed by atoms with van der Waals surface area (Å²) in [5.41, 5.74) is 1.36. The average molecular weight is 372 g/mol. The molecule has 2 aliphatic heterocycles. The van der Waals surface area contributed by atoms with Gasteiger partial charge in [-0.05, 0) is 62.7 Å². The lowest BCUT2D eigenvalue weighted by Gasteiger charge is -2.35. The van der Waals surface area contributed by atoms with Crippen LogP contribution in [0.4, 0.5) is 0 Å². The second-order valence-electron chi connectivity index (χ2n) is 8.89. The lowest BCUT2D eigenvalue weighted by molar-refractivity contribution is -0.126. The molecule has 2 atom stereocenters. The first kappa shape index (κ1) is 20.3. The fourth-order valence-electron chi connectivity index (χ4n) is 4.83. The molecule has 0 aromatic heterocycles. The third-order valence-corrected chi connectivity index (χ3v) is 6.10. The van der Waals surface area contributed by atoms with Crippen LogP contribution in [0.25, 0.3) is 0 Å². The van der Waals surface area contributed by atoms with Crippen molar-refractivity contribution < 1.29 is 4.79 Å². The molecule has 0 bridgehead atoms. The van der Waals surface area contributed by atoms with Crippen molar-refractivity contribution >= 4 is 5.91 Å². The number of benzene rings is 1. The molecule has 2 fully saturated rings. The minimum atomic E-state index is 0.201. The van der Waals surface area contributed by atoms with Crippen LogP contribution in [0, 0.1) is 17.8 Å². The molecule has 0 radical (unpaired) electrons. The van der Waals surface area contributed by atoms with Gasteiger partial charge in [-0.25, -0.2) is 0 Å². The summed E-state index contributed by atoms with van der Waals surface area (Å²) in [6, 6.07) is 10.6. The molecule has 0 spiro atoms. The van der Waals surface area contributed by atoms with E-state index in [1.807, 2.05) is 0 Å². The van der Waals surface area contributed by atoms with Crippen molar-refractivity contribution in [1.29, 1.82) is 0 Å². The van der Waals surface area contributed by atoms with Gasteiger partial charge in [0.25, 0.3) is 0 Å². The van der Waals surface area contributed by atoms with E-state index in [1.165, 1.54) is 25.1 Å². The van der Waals surface area contributed by atoms with Crippen LogP contribution in [0.2, 0.25) is 0 Å². The maximum absolute atomic E-state index is 12.5. The molecule has 4 heteroatoms. The van der Waals surface area contributed by atoms with E-state index in [-0.39, 0.29) is 11.8 Å². The van der Waals surface area contributed by atoms with Crippen molar-refractivity contribution in [3.8, 4) is 0 Å². The Kier molecular flexibility index (Phi) is 7.71. The molecule has 1 N–H and O–H groups in total. The van der Waals surface area contributed by atoms with Crippen molar-refractivity contribution in [3.63, 3.8) is 0 Å². The predicted molar refractivity (Wildman–Crippen MR) is 111 cm³/mol. The molecule has 2 saturated heterocycles. The van der Waals surface area contributed by atoms with Crippen LogP contribution in [0.15, 0.2) is 30.3 Å². The summed E-state index contributed by atoms with van der Waals surface area (Å²) in [4.78, 5) is 17.5. The monoisotopic (exact) mass is 371 g/mol. The van der Waals surface area contributed by atoms with Crippen molar-refractivity contribution in [1.82, 2.24) is 15.1 Å². The fourth-order valence-corrected chi connectivity index (χ4v) is 4.83. The average Bonchev–Trinajstić information content (AvgIpc) is 2.66. The number of carbonyl (C=O) groups is 1. The SMILES string of the molecule is C[C@H]1C[C@H](C)CN(CCCNC(=O)C2CCN(Cc3ccccc3)CC2)C1. The van der Waals surface area contributed by atoms with Gasteiger partial charge in [0.1, 0.15) is 0 Å². The van der Waals surface area contributed by atoms with Gasteiger partial charge in [-0.3, -0.25) is 9.69 Å². The van der Waals surface area contributed by atoms with E-state index >= 15 is 0 Å². The largest absolute Gasteiger partial charge is 0.356 e. The van der Waals surface area contributed by atoms with E-state index in [1.54, 1.807) is 0 Å². The van der Waals surface area contributed by atoms with Gasteiger partial charge >= 0.3 is 0 Å². The van der Waals surface area contributed by atoms with Crippen LogP contribution >= 0.6 is 0 Å². The molecule has 0 aliphatic carbocycles. The topological polar surface area (TPSA) is 35.6 Å². The Morgan fingerprint density at radius 3 is 2.37 bits per heavy atom. The summed E-state index contributed by atoms with van der Waals surface area (Å²) >= 11 is 0. The molecule has 27 heavy (non-hydrogen) atoms. The number of amides is 1. The van der Waals surface area contributed by atoms with Gasteiger partial charge < -0.3 is 10.2 Å². The Balaban J connectivity index is 1.29. The highest BCUT2D eigenvalue weighted by molar-refractivity contribution is 5.78. The lowest BCUT2D eigenvalue weighted by Crippen LogP contribution is -2.42. The highest BCUT2D eigenvalue weighted by atomic mass is 16.1. The first-order valence-electron chi connectivity index (χ1n) is 10.9. The van der Waals surface area contributed by atoms with Gasteiger partial charge in [-0.1, -0.05) is 44.2 Å². The minimum Gasteiger partial charge on any atom is -0.356 e. The summed E-state index contributed by atoms with van der Waals surface area (Å²) < 4.78 is 0. The van der Waals surface area contributed by atoms with E-state index in [2.05, 4.69) is 59.3 Å². The molecule has 2 aliphatic rings. The van der Waals surface area contributed by atoms with E-state index in [4.69, 9.17) is 0 Å². The zero-order valence-electron chi connectivity index (χ0n) is 17.2. The second kappa shape index (κ2) is 10.2. The Morgan fingerprint density at radius 1 is 1.04 bits per heavy atom. The first-order chi connectivity index (χ1) is 13.1. The maximum atomic E-state index is 12.5. The summed E-state index contributed by atoms with van der Waals surface area (Å²) in [6.45, 7) is 12.1. The lowest BCUT2D eigenvalue weighted by atomic mass is 9.92. The number of nitrogens with one attached hydrogen (secondary N) is 1. The molecular weight excluding hydrogens is 334 g/mol. The summed E-state index contributed by atoms with van der Waals surface area (Å²) in [5.74, 6) is 2.09. The van der Waals surface area contributed by atoms with Crippen LogP contribution in [0.5, 0.6) is 0 Å². The number of hydrogen-bond acceptors (Lipinski definition) is 3. The Labute approximate surface area is 165 Å². The van der Waals surface area contributed by atoms with Crippen molar-refractivity contribution in [2.75, 3.05) is 39.3 Å². The van der Waals surface area contributed by atoms with Gasteiger partial charge in [-0.2, -0.15) is 0 Å². The first-order valence-corrected chi connectivity index (χ1v) is 10.9. The molecule has 2 heterocycles. The van der Waals surface area contributed by atoms with Crippen molar-refractivity contribution in [2.24, 2.45) is 17.8 Å². The minimum absolute atomic E-state index is 0.201. The smallest absolute Gasteiger partial charge is 0.223 e. The van der Waals surface area contributed by atoms with Crippen LogP contribution in [0.1, 0.15) is 45.1 Å². The molecule has 0 saturated carbocycles. The molecule has 0 unspecified atom stereocenters. The maximum Gasteiger partial charge on any atom is 0.223 e. The van der Waals surface area contributed by atoms with Crippen LogP contribution in [0.3, 0.4) is 0 Å². The Bertz CT molecular complexity index is 558. The number of likely N-dealkylation sites (tertiary alicyclic amines) is 2. The summed E-state index contributed by atoms with van der Waals surface area (Å²) in [7, 11) is 0. The molecule has 1 aromatic rings. The standard InChI is InChI=1S/C23H37N3O/c1-19-15-20(2)17-26(16-19)12-6-11-24-23(27)22-9-13-25(14-10-22)18-21-7-4-3-5-8-21/h3-5,7-8,19-20,22H,6,9-18H2,1-2H3,(H,24,27)/t19-,20-/m0/s1. The molecule has 3 rings (SSSR count). The zero-order valence-corrected chi connectivity index (χ0v) is 17.2. The third-order valence-electron chi connectivity index (χ3n) is 6.10. The van der Waals surface area contributed by atoms with Gasteiger partial charge in [0.15, 0.2) is 0 Å². The van der Waals surface area contributed by atoms with Crippen molar-refractivity contribution in [2.45, 2.75) is 46.1 Å². The normalized spacial score (nSPS) is 25.4. The zero-order chi connectivity index (χ0) is 19.1. The highest BCUT2D eigenvalue weighted by Gasteiger charge is 2.25. The van der Waals surface area contributed by atoms with E-state index in [0.717, 1.165) is 63.8 Å². The third kappa shape index (κ3) is 6.62. The summed E-state index contributed by atoms with van der Waals surface area (Å²) in [6.07, 6.45) is 4.40. The van der Waals surface area contributed by atoms with Gasteiger partial charge in [0.05, 0.1) is 0 Å². The number of hydrogen-bond donors (Lipinski definition) is 1. The van der Waals surface area contributed by atoms with Gasteiger partial charge in [-0.15, -0.1) is 0 Å². The van der Waals surface area contributed by atoms with E-state index in [0.29, 0.717) is 0 Å². The van der Waals surface area contributed by atoms with Crippen molar-refractivity contribution in [3.05, 3.63) is 35.9 Å². The summed E-state index contributed by atoms with van der Waals surface area (Å²) in [5, 5.41) is 3.19. The number of rotatable bonds is 7. The fraction of sp³-hybridized carbons (Fsp3) is 0.696. The molecule has 1 amide bonds. The number of nitrogens with zero attached hydrogens (tertiary/aromatic N) is 2. The molecular formula is C23H37N3O. The van der Waals surface area contributed by atoms with Gasteiger partial charge in [0.2, 0.25) is 5.91 Å². The number of carbonyl (C=O) groups excluding carboxylic acids is 1. The molecule has 150 valence electrons. The Hall–Kier alpha value is -1.39. The van der Waals surface area contributed by atoms with Crippen LogP contribution in [-0.2, 0) is 11.3 Å². The van der Waals surface area contributed by atoms with E-state index in [9.17, 15) is 4.79 Å². The molecule has 1 aromatic carbocycles. The molecule has 4 nitrogen and oxygen atoms in total. The predicted octanol–water partition coefficient (Wildman–Crippen LogP) is 3.38. The van der Waals surface area contributed by atoms with Gasteiger partial charge in [0, 0.05) is 32.1 Å².